The highest BCUT2D eigenvalue weighted by molar-refractivity contribution is 6.27. The molecular weight excluding hydrogens is 617 g/mol. The summed E-state index contributed by atoms with van der Waals surface area (Å²) >= 11 is 0. The van der Waals surface area contributed by atoms with Crippen molar-refractivity contribution in [3.05, 3.63) is 182 Å². The Kier molecular flexibility index (Phi) is 6.02. The van der Waals surface area contributed by atoms with E-state index in [1.165, 1.54) is 92.6 Å². The standard InChI is InChI=1S/C50H30O/c1-2-14-31(15-3-1)48-39-22-10-12-24-41(39)49(42-25-13-11-23-40(42)48)43-27-26-37(34-18-6-7-19-35(34)43)44-30-47-50(38-21-9-8-20-36(38)44)45-28-32-16-4-5-17-33(32)29-46(45)51-47/h1-30H. The van der Waals surface area contributed by atoms with Crippen LogP contribution in [0.25, 0.3) is 109 Å². The molecule has 51 heavy (non-hydrogen) atoms. The van der Waals surface area contributed by atoms with Crippen LogP contribution in [0.15, 0.2) is 186 Å². The lowest BCUT2D eigenvalue weighted by atomic mass is 9.83. The van der Waals surface area contributed by atoms with Crippen LogP contribution in [0.3, 0.4) is 0 Å². The molecule has 0 atom stereocenters. The smallest absolute Gasteiger partial charge is 0.136 e. The molecule has 0 bridgehead atoms. The summed E-state index contributed by atoms with van der Waals surface area (Å²) < 4.78 is 6.68. The zero-order valence-corrected chi connectivity index (χ0v) is 27.7. The highest BCUT2D eigenvalue weighted by Gasteiger charge is 2.21. The molecule has 0 radical (unpaired) electrons. The fourth-order valence-electron chi connectivity index (χ4n) is 8.63. The van der Waals surface area contributed by atoms with E-state index in [4.69, 9.17) is 4.42 Å². The van der Waals surface area contributed by atoms with E-state index >= 15 is 0 Å². The number of hydrogen-bond acceptors (Lipinski definition) is 1. The molecule has 1 heteroatoms. The molecule has 0 spiro atoms. The van der Waals surface area contributed by atoms with Crippen LogP contribution in [0, 0.1) is 0 Å². The molecule has 11 aromatic rings. The molecule has 0 aliphatic rings. The molecule has 1 heterocycles. The summed E-state index contributed by atoms with van der Waals surface area (Å²) in [6, 6.07) is 66.2. The van der Waals surface area contributed by atoms with E-state index in [1.807, 2.05) is 0 Å². The molecular formula is C50H30O. The van der Waals surface area contributed by atoms with E-state index in [0.717, 1.165) is 16.6 Å². The minimum absolute atomic E-state index is 0.913. The number of hydrogen-bond donors (Lipinski definition) is 0. The third-order valence-corrected chi connectivity index (χ3v) is 10.8. The summed E-state index contributed by atoms with van der Waals surface area (Å²) in [4.78, 5) is 0. The van der Waals surface area contributed by atoms with Gasteiger partial charge in [-0.1, -0.05) is 164 Å². The number of fused-ring (bicyclic) bond motifs is 9. The molecule has 10 aromatic carbocycles. The average molecular weight is 647 g/mol. The second-order valence-corrected chi connectivity index (χ2v) is 13.6. The minimum atomic E-state index is 0.913. The lowest BCUT2D eigenvalue weighted by molar-refractivity contribution is 0.670. The van der Waals surface area contributed by atoms with Crippen molar-refractivity contribution in [3.8, 4) is 33.4 Å². The summed E-state index contributed by atoms with van der Waals surface area (Å²) in [5.41, 5.74) is 9.24. The van der Waals surface area contributed by atoms with E-state index in [0.29, 0.717) is 0 Å². The fourth-order valence-corrected chi connectivity index (χ4v) is 8.63. The molecule has 0 aliphatic heterocycles. The first-order chi connectivity index (χ1) is 25.3. The normalized spacial score (nSPS) is 11.9. The molecule has 0 saturated heterocycles. The van der Waals surface area contributed by atoms with Crippen molar-refractivity contribution in [1.29, 1.82) is 0 Å². The number of benzene rings is 10. The molecule has 236 valence electrons. The molecule has 0 unspecified atom stereocenters. The zero-order chi connectivity index (χ0) is 33.5. The summed E-state index contributed by atoms with van der Waals surface area (Å²) in [5.74, 6) is 0. The fraction of sp³-hybridized carbons (Fsp3) is 0. The first-order valence-electron chi connectivity index (χ1n) is 17.6. The van der Waals surface area contributed by atoms with Gasteiger partial charge in [0, 0.05) is 10.8 Å². The minimum Gasteiger partial charge on any atom is -0.456 e. The molecule has 1 nitrogen and oxygen atoms in total. The highest BCUT2D eigenvalue weighted by Crippen LogP contribution is 2.48. The molecule has 0 amide bonds. The largest absolute Gasteiger partial charge is 0.456 e. The maximum atomic E-state index is 6.68. The van der Waals surface area contributed by atoms with Crippen LogP contribution in [0.5, 0.6) is 0 Å². The van der Waals surface area contributed by atoms with Crippen LogP contribution < -0.4 is 0 Å². The van der Waals surface area contributed by atoms with Crippen LogP contribution in [0.1, 0.15) is 0 Å². The first-order valence-corrected chi connectivity index (χ1v) is 17.6. The van der Waals surface area contributed by atoms with Gasteiger partial charge in [-0.25, -0.2) is 0 Å². The van der Waals surface area contributed by atoms with Gasteiger partial charge in [-0.15, -0.1) is 0 Å². The van der Waals surface area contributed by atoms with Crippen molar-refractivity contribution in [2.75, 3.05) is 0 Å². The first kappa shape index (κ1) is 28.2. The van der Waals surface area contributed by atoms with Crippen molar-refractivity contribution < 1.29 is 4.42 Å². The van der Waals surface area contributed by atoms with Crippen molar-refractivity contribution in [3.63, 3.8) is 0 Å². The van der Waals surface area contributed by atoms with Gasteiger partial charge in [0.2, 0.25) is 0 Å². The highest BCUT2D eigenvalue weighted by atomic mass is 16.3. The van der Waals surface area contributed by atoms with Gasteiger partial charge >= 0.3 is 0 Å². The molecule has 0 saturated carbocycles. The monoisotopic (exact) mass is 646 g/mol. The van der Waals surface area contributed by atoms with Gasteiger partial charge in [0.05, 0.1) is 0 Å². The van der Waals surface area contributed by atoms with Crippen LogP contribution in [-0.2, 0) is 0 Å². The quantitative estimate of drug-likeness (QED) is 0.174. The van der Waals surface area contributed by atoms with Crippen LogP contribution in [0.2, 0.25) is 0 Å². The van der Waals surface area contributed by atoms with E-state index < -0.39 is 0 Å². The zero-order valence-electron chi connectivity index (χ0n) is 27.7. The molecule has 0 aliphatic carbocycles. The topological polar surface area (TPSA) is 13.1 Å². The van der Waals surface area contributed by atoms with Crippen molar-refractivity contribution >= 4 is 75.8 Å². The van der Waals surface area contributed by atoms with Crippen molar-refractivity contribution in [2.24, 2.45) is 0 Å². The van der Waals surface area contributed by atoms with Crippen LogP contribution >= 0.6 is 0 Å². The second-order valence-electron chi connectivity index (χ2n) is 13.6. The number of furan rings is 1. The Morgan fingerprint density at radius 3 is 1.39 bits per heavy atom. The third kappa shape index (κ3) is 4.16. The van der Waals surface area contributed by atoms with Gasteiger partial charge in [-0.2, -0.15) is 0 Å². The lowest BCUT2D eigenvalue weighted by Gasteiger charge is -2.20. The van der Waals surface area contributed by atoms with Gasteiger partial charge < -0.3 is 4.42 Å². The molecule has 0 fully saturated rings. The molecule has 0 N–H and O–H groups in total. The van der Waals surface area contributed by atoms with E-state index in [2.05, 4.69) is 182 Å². The Balaban J connectivity index is 1.21. The average Bonchev–Trinajstić information content (AvgIpc) is 3.56. The lowest BCUT2D eigenvalue weighted by Crippen LogP contribution is -1.92. The van der Waals surface area contributed by atoms with Gasteiger partial charge in [-0.3, -0.25) is 0 Å². The van der Waals surface area contributed by atoms with E-state index in [1.54, 1.807) is 0 Å². The van der Waals surface area contributed by atoms with Crippen molar-refractivity contribution in [2.45, 2.75) is 0 Å². The Hall–Kier alpha value is -6.70. The van der Waals surface area contributed by atoms with Crippen LogP contribution in [0.4, 0.5) is 0 Å². The summed E-state index contributed by atoms with van der Waals surface area (Å²) in [6.45, 7) is 0. The predicted molar refractivity (Wildman–Crippen MR) is 218 cm³/mol. The molecule has 11 rings (SSSR count). The summed E-state index contributed by atoms with van der Waals surface area (Å²) in [7, 11) is 0. The second kappa shape index (κ2) is 10.9. The van der Waals surface area contributed by atoms with Gasteiger partial charge in [0.15, 0.2) is 0 Å². The Morgan fingerprint density at radius 2 is 0.745 bits per heavy atom. The van der Waals surface area contributed by atoms with Gasteiger partial charge in [-0.05, 0) is 105 Å². The third-order valence-electron chi connectivity index (χ3n) is 10.8. The molecule has 1 aromatic heterocycles. The summed E-state index contributed by atoms with van der Waals surface area (Å²) in [5, 5.41) is 14.7. The Labute approximate surface area is 294 Å². The van der Waals surface area contributed by atoms with Crippen LogP contribution in [-0.4, -0.2) is 0 Å². The van der Waals surface area contributed by atoms with Gasteiger partial charge in [0.25, 0.3) is 0 Å². The SMILES string of the molecule is c1ccc(-c2c3ccccc3c(-c3ccc(-c4cc5oc6cc7ccccc7cc6c5c5ccccc45)c4ccccc34)c3ccccc23)cc1. The summed E-state index contributed by atoms with van der Waals surface area (Å²) in [6.07, 6.45) is 0. The Morgan fingerprint density at radius 1 is 0.275 bits per heavy atom. The number of rotatable bonds is 3. The van der Waals surface area contributed by atoms with Gasteiger partial charge in [0.1, 0.15) is 11.2 Å². The van der Waals surface area contributed by atoms with Crippen molar-refractivity contribution in [1.82, 2.24) is 0 Å². The van der Waals surface area contributed by atoms with E-state index in [-0.39, 0.29) is 0 Å². The maximum Gasteiger partial charge on any atom is 0.136 e. The predicted octanol–water partition coefficient (Wildman–Crippen LogP) is 14.4. The Bertz CT molecular complexity index is 3130. The maximum absolute atomic E-state index is 6.68. The van der Waals surface area contributed by atoms with E-state index in [9.17, 15) is 0 Å².